The van der Waals surface area contributed by atoms with E-state index in [4.69, 9.17) is 23.2 Å². The maximum Gasteiger partial charge on any atom is 0.154 e. The second-order valence-corrected chi connectivity index (χ2v) is 5.93. The molecule has 0 unspecified atom stereocenters. The van der Waals surface area contributed by atoms with Crippen molar-refractivity contribution in [1.82, 2.24) is 4.98 Å². The molecule has 1 aromatic heterocycles. The molecule has 0 spiro atoms. The maximum atomic E-state index is 6.09. The molecule has 0 atom stereocenters. The molecule has 1 aromatic rings. The molecule has 1 aliphatic rings. The summed E-state index contributed by atoms with van der Waals surface area (Å²) >= 11 is 13.9. The number of aryl methyl sites for hydroxylation is 1. The molecule has 0 saturated carbocycles. The van der Waals surface area contributed by atoms with Gasteiger partial charge in [-0.3, -0.25) is 0 Å². The Kier molecular flexibility index (Phi) is 4.22. The fourth-order valence-corrected chi connectivity index (χ4v) is 3.51. The Morgan fingerprint density at radius 2 is 2.06 bits per heavy atom. The number of halogens is 2. The largest absolute Gasteiger partial charge is 0.380 e. The van der Waals surface area contributed by atoms with Gasteiger partial charge in [-0.2, -0.15) is 11.8 Å². The smallest absolute Gasteiger partial charge is 0.154 e. The number of aromatic nitrogens is 1. The predicted molar refractivity (Wildman–Crippen MR) is 73.0 cm³/mol. The topological polar surface area (TPSA) is 24.9 Å². The van der Waals surface area contributed by atoms with E-state index in [1.54, 1.807) is 0 Å². The molecule has 16 heavy (non-hydrogen) atoms. The van der Waals surface area contributed by atoms with Gasteiger partial charge >= 0.3 is 0 Å². The molecule has 1 N–H and O–H groups in total. The number of pyridine rings is 1. The number of hydrogen-bond donors (Lipinski definition) is 1. The van der Waals surface area contributed by atoms with Crippen LogP contribution in [0.2, 0.25) is 10.3 Å². The third kappa shape index (κ3) is 2.96. The van der Waals surface area contributed by atoms with Gasteiger partial charge in [0.25, 0.3) is 0 Å². The highest BCUT2D eigenvalue weighted by atomic mass is 35.5. The Hall–Kier alpha value is -0.120. The molecule has 1 fully saturated rings. The summed E-state index contributed by atoms with van der Waals surface area (Å²) in [5.74, 6) is 2.44. The lowest BCUT2D eigenvalue weighted by molar-refractivity contribution is 0.666. The van der Waals surface area contributed by atoms with Gasteiger partial charge in [0.2, 0.25) is 0 Å². The van der Waals surface area contributed by atoms with Gasteiger partial charge in [0, 0.05) is 6.04 Å². The van der Waals surface area contributed by atoms with E-state index in [-0.39, 0.29) is 0 Å². The van der Waals surface area contributed by atoms with E-state index in [2.05, 4.69) is 10.3 Å². The van der Waals surface area contributed by atoms with Crippen molar-refractivity contribution < 1.29 is 0 Å². The summed E-state index contributed by atoms with van der Waals surface area (Å²) in [4.78, 5) is 4.06. The molecule has 2 heterocycles. The van der Waals surface area contributed by atoms with Crippen LogP contribution in [-0.4, -0.2) is 22.5 Å². The Morgan fingerprint density at radius 1 is 1.38 bits per heavy atom. The van der Waals surface area contributed by atoms with Crippen LogP contribution in [0.4, 0.5) is 5.69 Å². The van der Waals surface area contributed by atoms with Crippen LogP contribution in [0.25, 0.3) is 0 Å². The number of thioether (sulfide) groups is 1. The monoisotopic (exact) mass is 276 g/mol. The van der Waals surface area contributed by atoms with E-state index in [0.717, 1.165) is 11.3 Å². The highest BCUT2D eigenvalue weighted by molar-refractivity contribution is 7.99. The van der Waals surface area contributed by atoms with Gasteiger partial charge in [-0.05, 0) is 42.9 Å². The van der Waals surface area contributed by atoms with Gasteiger partial charge in [0.15, 0.2) is 5.15 Å². The van der Waals surface area contributed by atoms with Crippen LogP contribution in [-0.2, 0) is 0 Å². The van der Waals surface area contributed by atoms with Gasteiger partial charge in [0.05, 0.1) is 5.69 Å². The summed E-state index contributed by atoms with van der Waals surface area (Å²) in [7, 11) is 0. The Bertz CT molecular complexity index is 355. The second kappa shape index (κ2) is 5.48. The molecule has 0 radical (unpaired) electrons. The van der Waals surface area contributed by atoms with Gasteiger partial charge in [-0.25, -0.2) is 4.98 Å². The van der Waals surface area contributed by atoms with E-state index >= 15 is 0 Å². The second-order valence-electron chi connectivity index (χ2n) is 3.96. The Morgan fingerprint density at radius 3 is 2.69 bits per heavy atom. The van der Waals surface area contributed by atoms with Crippen molar-refractivity contribution in [3.63, 3.8) is 0 Å². The van der Waals surface area contributed by atoms with Crippen molar-refractivity contribution in [2.24, 2.45) is 0 Å². The average molecular weight is 277 g/mol. The highest BCUT2D eigenvalue weighted by Crippen LogP contribution is 2.29. The zero-order valence-corrected chi connectivity index (χ0v) is 11.4. The van der Waals surface area contributed by atoms with Gasteiger partial charge in [0.1, 0.15) is 5.15 Å². The van der Waals surface area contributed by atoms with E-state index in [1.807, 2.05) is 24.8 Å². The van der Waals surface area contributed by atoms with E-state index in [1.165, 1.54) is 24.3 Å². The fraction of sp³-hybridized carbons (Fsp3) is 0.545. The standard InChI is InChI=1S/C11H14Cl2N2S/c1-7-6-9(12)15-11(13)10(7)14-8-2-4-16-5-3-8/h6,8,14H,2-5H2,1H3. The van der Waals surface area contributed by atoms with E-state index in [0.29, 0.717) is 16.3 Å². The van der Waals surface area contributed by atoms with Crippen molar-refractivity contribution in [2.45, 2.75) is 25.8 Å². The van der Waals surface area contributed by atoms with E-state index < -0.39 is 0 Å². The van der Waals surface area contributed by atoms with Gasteiger partial charge in [-0.1, -0.05) is 23.2 Å². The maximum absolute atomic E-state index is 6.09. The minimum absolute atomic E-state index is 0.451. The summed E-state index contributed by atoms with van der Waals surface area (Å²) in [6.07, 6.45) is 2.37. The minimum Gasteiger partial charge on any atom is -0.380 e. The first kappa shape index (κ1) is 12.3. The quantitative estimate of drug-likeness (QED) is 0.827. The fourth-order valence-electron chi connectivity index (χ4n) is 1.81. The van der Waals surface area contributed by atoms with Crippen LogP contribution < -0.4 is 5.32 Å². The van der Waals surface area contributed by atoms with Gasteiger partial charge < -0.3 is 5.32 Å². The number of nitrogens with zero attached hydrogens (tertiary/aromatic N) is 1. The van der Waals surface area contributed by atoms with Crippen LogP contribution in [0, 0.1) is 6.92 Å². The van der Waals surface area contributed by atoms with Crippen LogP contribution >= 0.6 is 35.0 Å². The first-order valence-corrected chi connectivity index (χ1v) is 7.25. The SMILES string of the molecule is Cc1cc(Cl)nc(Cl)c1NC1CCSCC1. The average Bonchev–Trinajstić information content (AvgIpc) is 2.25. The van der Waals surface area contributed by atoms with E-state index in [9.17, 15) is 0 Å². The number of nitrogens with one attached hydrogen (secondary N) is 1. The summed E-state index contributed by atoms with van der Waals surface area (Å²) in [6, 6.07) is 2.35. The molecule has 1 saturated heterocycles. The molecule has 0 aromatic carbocycles. The van der Waals surface area contributed by atoms with Crippen LogP contribution in [0.15, 0.2) is 6.07 Å². The highest BCUT2D eigenvalue weighted by Gasteiger charge is 2.16. The third-order valence-electron chi connectivity index (χ3n) is 2.71. The van der Waals surface area contributed by atoms with Crippen molar-refractivity contribution in [3.8, 4) is 0 Å². The molecule has 5 heteroatoms. The molecule has 1 aliphatic heterocycles. The van der Waals surface area contributed by atoms with Crippen LogP contribution in [0.5, 0.6) is 0 Å². The summed E-state index contributed by atoms with van der Waals surface area (Å²) < 4.78 is 0. The molecule has 0 aliphatic carbocycles. The van der Waals surface area contributed by atoms with Crippen molar-refractivity contribution in [2.75, 3.05) is 16.8 Å². The lowest BCUT2D eigenvalue weighted by Gasteiger charge is -2.24. The molecular formula is C11H14Cl2N2S. The lowest BCUT2D eigenvalue weighted by atomic mass is 10.1. The zero-order valence-electron chi connectivity index (χ0n) is 9.09. The van der Waals surface area contributed by atoms with Crippen LogP contribution in [0.3, 0.4) is 0 Å². The molecule has 2 nitrogen and oxygen atoms in total. The lowest BCUT2D eigenvalue weighted by Crippen LogP contribution is -2.25. The minimum atomic E-state index is 0.451. The summed E-state index contributed by atoms with van der Waals surface area (Å²) in [5, 5.41) is 4.40. The van der Waals surface area contributed by atoms with Crippen LogP contribution in [0.1, 0.15) is 18.4 Å². The van der Waals surface area contributed by atoms with Crippen molar-refractivity contribution >= 4 is 40.7 Å². The first-order valence-electron chi connectivity index (χ1n) is 5.34. The molecule has 2 rings (SSSR count). The first-order chi connectivity index (χ1) is 7.66. The van der Waals surface area contributed by atoms with Crippen molar-refractivity contribution in [3.05, 3.63) is 21.9 Å². The molecular weight excluding hydrogens is 263 g/mol. The number of anilines is 1. The number of hydrogen-bond acceptors (Lipinski definition) is 3. The summed E-state index contributed by atoms with van der Waals surface area (Å²) in [6.45, 7) is 2.00. The van der Waals surface area contributed by atoms with Gasteiger partial charge in [-0.15, -0.1) is 0 Å². The Balaban J connectivity index is 2.14. The normalized spacial score (nSPS) is 17.4. The predicted octanol–water partition coefficient (Wildman–Crippen LogP) is 4.00. The zero-order chi connectivity index (χ0) is 11.5. The molecule has 88 valence electrons. The third-order valence-corrected chi connectivity index (χ3v) is 4.23. The Labute approximate surface area is 110 Å². The van der Waals surface area contributed by atoms with Crippen molar-refractivity contribution in [1.29, 1.82) is 0 Å². The molecule has 0 bridgehead atoms. The summed E-state index contributed by atoms with van der Waals surface area (Å²) in [5.41, 5.74) is 1.99. The number of rotatable bonds is 2. The molecule has 0 amide bonds.